The number of imidazole rings is 1. The Balaban J connectivity index is 1.79. The van der Waals surface area contributed by atoms with Crippen molar-refractivity contribution < 1.29 is 17.0 Å². The number of hydrogen-bond acceptors (Lipinski definition) is 6. The molecular formula is C19H17N3O5S. The van der Waals surface area contributed by atoms with E-state index in [0.717, 1.165) is 11.1 Å². The molecule has 0 saturated carbocycles. The molecule has 0 aliphatic rings. The lowest BCUT2D eigenvalue weighted by Gasteiger charge is -2.08. The van der Waals surface area contributed by atoms with E-state index < -0.39 is 15.9 Å². The Morgan fingerprint density at radius 1 is 1.14 bits per heavy atom. The van der Waals surface area contributed by atoms with Crippen molar-refractivity contribution in [3.8, 4) is 5.75 Å². The number of hydrogen-bond donors (Lipinski definition) is 0. The molecule has 9 heteroatoms. The summed E-state index contributed by atoms with van der Waals surface area (Å²) in [6, 6.07) is 12.3. The molecule has 0 aliphatic carbocycles. The van der Waals surface area contributed by atoms with Gasteiger partial charge >= 0.3 is 15.9 Å². The molecule has 0 spiro atoms. The van der Waals surface area contributed by atoms with Crippen molar-refractivity contribution in [1.82, 2.24) is 14.1 Å². The van der Waals surface area contributed by atoms with Gasteiger partial charge in [0.1, 0.15) is 5.52 Å². The molecule has 2 aromatic carbocycles. The lowest BCUT2D eigenvalue weighted by atomic mass is 10.1. The monoisotopic (exact) mass is 399 g/mol. The van der Waals surface area contributed by atoms with Crippen LogP contribution in [-0.2, 0) is 23.7 Å². The lowest BCUT2D eigenvalue weighted by molar-refractivity contribution is 0.483. The van der Waals surface area contributed by atoms with Gasteiger partial charge in [0.2, 0.25) is 5.03 Å². The van der Waals surface area contributed by atoms with Gasteiger partial charge in [0, 0.05) is 13.2 Å². The van der Waals surface area contributed by atoms with E-state index in [-0.39, 0.29) is 28.4 Å². The van der Waals surface area contributed by atoms with Gasteiger partial charge in [0.05, 0.1) is 12.9 Å². The Bertz CT molecular complexity index is 1310. The largest absolute Gasteiger partial charge is 0.420 e. The summed E-state index contributed by atoms with van der Waals surface area (Å²) in [5.74, 6) is -0.594. The van der Waals surface area contributed by atoms with Crippen molar-refractivity contribution in [2.75, 3.05) is 0 Å². The highest BCUT2D eigenvalue weighted by molar-refractivity contribution is 7.87. The van der Waals surface area contributed by atoms with Gasteiger partial charge in [0.25, 0.3) is 0 Å². The van der Waals surface area contributed by atoms with Crippen molar-refractivity contribution in [3.05, 3.63) is 76.7 Å². The van der Waals surface area contributed by atoms with Gasteiger partial charge in [0.15, 0.2) is 11.3 Å². The number of nitrogens with zero attached hydrogens (tertiary/aromatic N) is 3. The van der Waals surface area contributed by atoms with Gasteiger partial charge in [-0.3, -0.25) is 4.57 Å². The van der Waals surface area contributed by atoms with Crippen molar-refractivity contribution >= 4 is 21.2 Å². The topological polar surface area (TPSA) is 96.3 Å². The van der Waals surface area contributed by atoms with E-state index in [1.807, 2.05) is 31.2 Å². The van der Waals surface area contributed by atoms with E-state index in [1.165, 1.54) is 27.7 Å². The Morgan fingerprint density at radius 2 is 1.89 bits per heavy atom. The second-order valence-corrected chi connectivity index (χ2v) is 7.95. The van der Waals surface area contributed by atoms with Crippen LogP contribution in [0.4, 0.5) is 0 Å². The summed E-state index contributed by atoms with van der Waals surface area (Å²) in [5, 5.41) is -0.220. The second kappa shape index (κ2) is 6.68. The molecule has 0 amide bonds. The van der Waals surface area contributed by atoms with Crippen LogP contribution in [0.2, 0.25) is 0 Å². The fourth-order valence-corrected chi connectivity index (χ4v) is 3.78. The number of aryl methyl sites for hydroxylation is 2. The van der Waals surface area contributed by atoms with Crippen LogP contribution in [0.1, 0.15) is 11.1 Å². The molecule has 2 heterocycles. The molecular weight excluding hydrogens is 382 g/mol. The first kappa shape index (κ1) is 18.1. The fourth-order valence-electron chi connectivity index (χ4n) is 2.86. The zero-order valence-electron chi connectivity index (χ0n) is 15.2. The van der Waals surface area contributed by atoms with E-state index in [0.29, 0.717) is 0 Å². The third-order valence-corrected chi connectivity index (χ3v) is 5.37. The number of fused-ring (bicyclic) bond motifs is 1. The van der Waals surface area contributed by atoms with Crippen LogP contribution in [0.3, 0.4) is 0 Å². The average Bonchev–Trinajstić information content (AvgIpc) is 3.21. The van der Waals surface area contributed by atoms with Gasteiger partial charge in [-0.1, -0.05) is 35.9 Å². The quantitative estimate of drug-likeness (QED) is 0.478. The third kappa shape index (κ3) is 3.31. The predicted octanol–water partition coefficient (Wildman–Crippen LogP) is 2.45. The van der Waals surface area contributed by atoms with Crippen LogP contribution >= 0.6 is 0 Å². The summed E-state index contributed by atoms with van der Waals surface area (Å²) < 4.78 is 38.5. The van der Waals surface area contributed by atoms with Crippen molar-refractivity contribution in [3.63, 3.8) is 0 Å². The minimum atomic E-state index is -4.16. The van der Waals surface area contributed by atoms with Crippen molar-refractivity contribution in [2.45, 2.75) is 18.5 Å². The number of oxazole rings is 1. The first-order valence-corrected chi connectivity index (χ1v) is 9.85. The van der Waals surface area contributed by atoms with Crippen LogP contribution in [0, 0.1) is 6.92 Å². The molecule has 0 unspecified atom stereocenters. The molecule has 8 nitrogen and oxygen atoms in total. The van der Waals surface area contributed by atoms with Crippen LogP contribution in [-0.4, -0.2) is 22.5 Å². The van der Waals surface area contributed by atoms with Gasteiger partial charge < -0.3 is 13.2 Å². The summed E-state index contributed by atoms with van der Waals surface area (Å²) in [6.07, 6.45) is 2.70. The van der Waals surface area contributed by atoms with Crippen LogP contribution < -0.4 is 9.94 Å². The summed E-state index contributed by atoms with van der Waals surface area (Å²) in [4.78, 5) is 16.2. The number of benzene rings is 2. The summed E-state index contributed by atoms with van der Waals surface area (Å²) in [6.45, 7) is 2.19. The minimum Gasteiger partial charge on any atom is -0.408 e. The highest BCUT2D eigenvalue weighted by Crippen LogP contribution is 2.28. The SMILES string of the molecule is Cc1ccc(Cn2c(=O)oc3cccc(OS(=O)(=O)c4cn(C)cn4)c32)cc1. The molecule has 144 valence electrons. The Labute approximate surface area is 160 Å². The van der Waals surface area contributed by atoms with Crippen molar-refractivity contribution in [1.29, 1.82) is 0 Å². The Morgan fingerprint density at radius 3 is 2.57 bits per heavy atom. The van der Waals surface area contributed by atoms with Crippen LogP contribution in [0.25, 0.3) is 11.1 Å². The highest BCUT2D eigenvalue weighted by Gasteiger charge is 2.23. The van der Waals surface area contributed by atoms with E-state index in [4.69, 9.17) is 8.60 Å². The normalized spacial score (nSPS) is 11.8. The van der Waals surface area contributed by atoms with Gasteiger partial charge in [-0.15, -0.1) is 0 Å². The fraction of sp³-hybridized carbons (Fsp3) is 0.158. The van der Waals surface area contributed by atoms with Gasteiger partial charge in [-0.25, -0.2) is 9.78 Å². The molecule has 4 rings (SSSR count). The number of aromatic nitrogens is 3. The van der Waals surface area contributed by atoms with Crippen LogP contribution in [0.15, 0.2) is 69.2 Å². The molecule has 28 heavy (non-hydrogen) atoms. The first-order chi connectivity index (χ1) is 13.3. The smallest absolute Gasteiger partial charge is 0.408 e. The molecule has 0 saturated heterocycles. The Kier molecular flexibility index (Phi) is 4.31. The summed E-state index contributed by atoms with van der Waals surface area (Å²) in [5.41, 5.74) is 2.48. The van der Waals surface area contributed by atoms with E-state index in [9.17, 15) is 13.2 Å². The molecule has 4 aromatic rings. The predicted molar refractivity (Wildman–Crippen MR) is 102 cm³/mol. The zero-order chi connectivity index (χ0) is 19.9. The molecule has 0 bridgehead atoms. The first-order valence-electron chi connectivity index (χ1n) is 8.44. The molecule has 2 aromatic heterocycles. The van der Waals surface area contributed by atoms with Gasteiger partial charge in [-0.2, -0.15) is 8.42 Å². The summed E-state index contributed by atoms with van der Waals surface area (Å²) >= 11 is 0. The lowest BCUT2D eigenvalue weighted by Crippen LogP contribution is -2.16. The van der Waals surface area contributed by atoms with E-state index >= 15 is 0 Å². The second-order valence-electron chi connectivity index (χ2n) is 6.46. The average molecular weight is 399 g/mol. The minimum absolute atomic E-state index is 0.00103. The number of para-hydroxylation sites is 1. The van der Waals surface area contributed by atoms with E-state index in [1.54, 1.807) is 19.2 Å². The standard InChI is InChI=1S/C19H17N3O5S/c1-13-6-8-14(9-7-13)10-22-18-15(26-19(22)23)4-3-5-16(18)27-28(24,25)17-11-21(2)12-20-17/h3-9,11-12H,10H2,1-2H3. The molecule has 0 radical (unpaired) electrons. The third-order valence-electron chi connectivity index (χ3n) is 4.25. The Hall–Kier alpha value is -3.33. The molecule has 0 fully saturated rings. The molecule has 0 aliphatic heterocycles. The maximum Gasteiger partial charge on any atom is 0.420 e. The maximum atomic E-state index is 12.6. The number of rotatable bonds is 5. The van der Waals surface area contributed by atoms with Crippen molar-refractivity contribution in [2.24, 2.45) is 7.05 Å². The molecule has 0 atom stereocenters. The molecule has 0 N–H and O–H groups in total. The summed E-state index contributed by atoms with van der Waals surface area (Å²) in [7, 11) is -2.50. The highest BCUT2D eigenvalue weighted by atomic mass is 32.2. The van der Waals surface area contributed by atoms with Gasteiger partial charge in [-0.05, 0) is 24.6 Å². The zero-order valence-corrected chi connectivity index (χ0v) is 16.0. The van der Waals surface area contributed by atoms with Crippen LogP contribution in [0.5, 0.6) is 5.75 Å². The maximum absolute atomic E-state index is 12.6. The van der Waals surface area contributed by atoms with E-state index in [2.05, 4.69) is 4.98 Å².